The molecule has 2 aromatic carbocycles. The molecule has 0 fully saturated rings. The summed E-state index contributed by atoms with van der Waals surface area (Å²) < 4.78 is 5.50. The normalized spacial score (nSPS) is 14.8. The minimum atomic E-state index is -1.14. The molecule has 0 amide bonds. The molecule has 0 bridgehead atoms. The van der Waals surface area contributed by atoms with Gasteiger partial charge in [-0.15, -0.1) is 0 Å². The predicted molar refractivity (Wildman–Crippen MR) is 108 cm³/mol. The van der Waals surface area contributed by atoms with Crippen molar-refractivity contribution in [1.82, 2.24) is 0 Å². The maximum atomic E-state index is 12.5. The summed E-state index contributed by atoms with van der Waals surface area (Å²) in [7, 11) is 0. The van der Waals surface area contributed by atoms with E-state index in [1.54, 1.807) is 0 Å². The monoisotopic (exact) mass is 381 g/mol. The molecule has 2 unspecified atom stereocenters. The van der Waals surface area contributed by atoms with Crippen molar-refractivity contribution in [3.63, 3.8) is 0 Å². The van der Waals surface area contributed by atoms with Crippen molar-refractivity contribution >= 4 is 11.9 Å². The lowest BCUT2D eigenvalue weighted by atomic mass is 9.97. The zero-order chi connectivity index (χ0) is 20.1. The Morgan fingerprint density at radius 2 is 1.61 bits per heavy atom. The molecular weight excluding hydrogens is 354 g/mol. The van der Waals surface area contributed by atoms with E-state index in [0.717, 1.165) is 28.7 Å². The molecule has 0 spiro atoms. The molecule has 5 nitrogen and oxygen atoms in total. The Kier molecular flexibility index (Phi) is 6.47. The van der Waals surface area contributed by atoms with Crippen LogP contribution in [0, 0.1) is 5.92 Å². The van der Waals surface area contributed by atoms with Gasteiger partial charge in [-0.25, -0.2) is 0 Å². The highest BCUT2D eigenvalue weighted by atomic mass is 16.5. The van der Waals surface area contributed by atoms with Crippen LogP contribution in [0.3, 0.4) is 0 Å². The summed E-state index contributed by atoms with van der Waals surface area (Å²) in [5, 5.41) is 9.44. The number of nitrogens with two attached hydrogens (primary N) is 1. The topological polar surface area (TPSA) is 89.6 Å². The second-order valence-electron chi connectivity index (χ2n) is 7.35. The molecule has 5 heteroatoms. The molecule has 0 radical (unpaired) electrons. The first-order chi connectivity index (χ1) is 13.5. The average Bonchev–Trinajstić information content (AvgIpc) is 3.03. The number of ether oxygens (including phenoxy) is 1. The zero-order valence-corrected chi connectivity index (χ0v) is 16.1. The van der Waals surface area contributed by atoms with E-state index in [0.29, 0.717) is 12.8 Å². The second kappa shape index (κ2) is 9.02. The lowest BCUT2D eigenvalue weighted by Crippen LogP contribution is -2.28. The molecule has 1 aliphatic carbocycles. The summed E-state index contributed by atoms with van der Waals surface area (Å²) in [6.45, 7) is 2.13. The molecule has 28 heavy (non-hydrogen) atoms. The molecule has 0 aromatic heterocycles. The number of aliphatic carboxylic acids is 1. The van der Waals surface area contributed by atoms with Crippen LogP contribution >= 0.6 is 0 Å². The van der Waals surface area contributed by atoms with Crippen LogP contribution in [0.4, 0.5) is 0 Å². The van der Waals surface area contributed by atoms with Crippen LogP contribution in [0.5, 0.6) is 0 Å². The van der Waals surface area contributed by atoms with E-state index in [1.807, 2.05) is 43.3 Å². The molecule has 3 rings (SSSR count). The van der Waals surface area contributed by atoms with Crippen LogP contribution in [0.25, 0.3) is 11.1 Å². The van der Waals surface area contributed by atoms with Crippen LogP contribution in [-0.4, -0.2) is 29.7 Å². The standard InChI is InChI=1S/C23H27NO4/c1-2-15(24)8-7-13-20(22(25)26)23(27)28-14-21-18-11-5-3-9-16(18)17-10-4-6-12-19(17)21/h3-6,9-12,15,20-21H,2,7-8,13-14,24H2,1H3,(H,25,26). The quantitative estimate of drug-likeness (QED) is 0.507. The van der Waals surface area contributed by atoms with Gasteiger partial charge in [-0.1, -0.05) is 61.9 Å². The zero-order valence-electron chi connectivity index (χ0n) is 16.1. The number of hydrogen-bond donors (Lipinski definition) is 2. The number of carboxylic acid groups (broad SMARTS) is 1. The van der Waals surface area contributed by atoms with Gasteiger partial charge >= 0.3 is 11.9 Å². The van der Waals surface area contributed by atoms with Gasteiger partial charge in [0.25, 0.3) is 0 Å². The van der Waals surface area contributed by atoms with Gasteiger partial charge in [-0.2, -0.15) is 0 Å². The number of benzene rings is 2. The molecule has 2 aromatic rings. The second-order valence-corrected chi connectivity index (χ2v) is 7.35. The number of rotatable bonds is 9. The lowest BCUT2D eigenvalue weighted by Gasteiger charge is -2.17. The van der Waals surface area contributed by atoms with Gasteiger partial charge < -0.3 is 15.6 Å². The smallest absolute Gasteiger partial charge is 0.320 e. The van der Waals surface area contributed by atoms with E-state index in [4.69, 9.17) is 10.5 Å². The Balaban J connectivity index is 1.67. The van der Waals surface area contributed by atoms with E-state index in [-0.39, 0.29) is 25.0 Å². The SMILES string of the molecule is CCC(N)CCCC(C(=O)O)C(=O)OCC1c2ccccc2-c2ccccc21. The van der Waals surface area contributed by atoms with Crippen molar-refractivity contribution in [1.29, 1.82) is 0 Å². The third kappa shape index (κ3) is 4.25. The van der Waals surface area contributed by atoms with E-state index < -0.39 is 17.9 Å². The van der Waals surface area contributed by atoms with E-state index >= 15 is 0 Å². The van der Waals surface area contributed by atoms with Crippen molar-refractivity contribution in [2.45, 2.75) is 44.6 Å². The maximum Gasteiger partial charge on any atom is 0.320 e. The minimum absolute atomic E-state index is 0.0388. The molecule has 3 N–H and O–H groups in total. The molecule has 0 heterocycles. The Hall–Kier alpha value is -2.66. The van der Waals surface area contributed by atoms with Gasteiger partial charge in [0.15, 0.2) is 5.92 Å². The van der Waals surface area contributed by atoms with Gasteiger partial charge in [-0.05, 0) is 41.5 Å². The van der Waals surface area contributed by atoms with Crippen LogP contribution < -0.4 is 5.73 Å². The summed E-state index contributed by atoms with van der Waals surface area (Å²) in [6, 6.07) is 16.2. The average molecular weight is 381 g/mol. The van der Waals surface area contributed by atoms with Gasteiger partial charge in [0, 0.05) is 12.0 Å². The highest BCUT2D eigenvalue weighted by molar-refractivity contribution is 5.94. The van der Waals surface area contributed by atoms with Gasteiger partial charge in [0.05, 0.1) is 0 Å². The van der Waals surface area contributed by atoms with Gasteiger partial charge in [0.2, 0.25) is 0 Å². The van der Waals surface area contributed by atoms with Crippen molar-refractivity contribution in [3.8, 4) is 11.1 Å². The number of carboxylic acids is 1. The molecular formula is C23H27NO4. The van der Waals surface area contributed by atoms with E-state index in [9.17, 15) is 14.7 Å². The molecule has 1 aliphatic rings. The van der Waals surface area contributed by atoms with Crippen molar-refractivity contribution in [2.24, 2.45) is 11.7 Å². The number of carbonyl (C=O) groups is 2. The minimum Gasteiger partial charge on any atom is -0.481 e. The van der Waals surface area contributed by atoms with E-state index in [1.165, 1.54) is 0 Å². The van der Waals surface area contributed by atoms with Gasteiger partial charge in [-0.3, -0.25) is 9.59 Å². The highest BCUT2D eigenvalue weighted by Gasteiger charge is 2.32. The summed E-state index contributed by atoms with van der Waals surface area (Å²) >= 11 is 0. The van der Waals surface area contributed by atoms with Crippen molar-refractivity contribution in [3.05, 3.63) is 59.7 Å². The third-order valence-electron chi connectivity index (χ3n) is 5.53. The van der Waals surface area contributed by atoms with Crippen LogP contribution in [-0.2, 0) is 14.3 Å². The number of carbonyl (C=O) groups excluding carboxylic acids is 1. The summed E-state index contributed by atoms with van der Waals surface area (Å²) in [6.07, 6.45) is 2.38. The van der Waals surface area contributed by atoms with Crippen LogP contribution in [0.1, 0.15) is 49.7 Å². The predicted octanol–water partition coefficient (Wildman–Crippen LogP) is 3.95. The number of hydrogen-bond acceptors (Lipinski definition) is 4. The highest BCUT2D eigenvalue weighted by Crippen LogP contribution is 2.44. The first kappa shape index (κ1) is 20.1. The fourth-order valence-electron chi connectivity index (χ4n) is 3.84. The summed E-state index contributed by atoms with van der Waals surface area (Å²) in [4.78, 5) is 24.0. The Labute approximate surface area is 165 Å². The first-order valence-electron chi connectivity index (χ1n) is 9.86. The largest absolute Gasteiger partial charge is 0.481 e. The van der Waals surface area contributed by atoms with Crippen molar-refractivity contribution in [2.75, 3.05) is 6.61 Å². The molecule has 0 saturated carbocycles. The Morgan fingerprint density at radius 1 is 1.04 bits per heavy atom. The fourth-order valence-corrected chi connectivity index (χ4v) is 3.84. The van der Waals surface area contributed by atoms with Crippen LogP contribution in [0.2, 0.25) is 0 Å². The fraction of sp³-hybridized carbons (Fsp3) is 0.391. The molecule has 0 saturated heterocycles. The molecule has 2 atom stereocenters. The third-order valence-corrected chi connectivity index (χ3v) is 5.53. The lowest BCUT2D eigenvalue weighted by molar-refractivity contribution is -0.159. The molecule has 0 aliphatic heterocycles. The van der Waals surface area contributed by atoms with Crippen molar-refractivity contribution < 1.29 is 19.4 Å². The Morgan fingerprint density at radius 3 is 2.14 bits per heavy atom. The maximum absolute atomic E-state index is 12.5. The van der Waals surface area contributed by atoms with Crippen LogP contribution in [0.15, 0.2) is 48.5 Å². The summed E-state index contributed by atoms with van der Waals surface area (Å²) in [5.74, 6) is -3.02. The number of fused-ring (bicyclic) bond motifs is 3. The molecule has 148 valence electrons. The summed E-state index contributed by atoms with van der Waals surface area (Å²) in [5.41, 5.74) is 10.4. The van der Waals surface area contributed by atoms with Gasteiger partial charge in [0.1, 0.15) is 6.61 Å². The first-order valence-corrected chi connectivity index (χ1v) is 9.86. The van der Waals surface area contributed by atoms with E-state index in [2.05, 4.69) is 12.1 Å². The number of esters is 1. The Bertz CT molecular complexity index is 803.